The van der Waals surface area contributed by atoms with E-state index in [0.29, 0.717) is 0 Å². The number of aromatic nitrogens is 4. The number of H-pyrrole nitrogens is 1. The Balaban J connectivity index is 0.000000157. The van der Waals surface area contributed by atoms with Crippen molar-refractivity contribution in [2.45, 2.75) is 36.9 Å². The number of imidazole rings is 1. The molecule has 0 aliphatic carbocycles. The van der Waals surface area contributed by atoms with Crippen LogP contribution in [0.4, 0.5) is 0 Å². The molecular weight excluding hydrogens is 493 g/mol. The van der Waals surface area contributed by atoms with E-state index in [9.17, 15) is 0 Å². The second-order valence-corrected chi connectivity index (χ2v) is 10.6. The summed E-state index contributed by atoms with van der Waals surface area (Å²) in [5, 5.41) is 0. The van der Waals surface area contributed by atoms with Crippen LogP contribution in [0.15, 0.2) is 125 Å². The zero-order valence-corrected chi connectivity index (χ0v) is 23.3. The van der Waals surface area contributed by atoms with Gasteiger partial charge in [-0.1, -0.05) is 83.6 Å². The van der Waals surface area contributed by atoms with Crippen molar-refractivity contribution in [3.63, 3.8) is 0 Å². The number of para-hydroxylation sites is 1. The molecule has 6 rings (SSSR count). The normalized spacial score (nSPS) is 9.73. The van der Waals surface area contributed by atoms with Crippen molar-refractivity contribution in [2.75, 3.05) is 0 Å². The number of aromatic amines is 1. The number of benzene rings is 3. The van der Waals surface area contributed by atoms with Gasteiger partial charge < -0.3 is 4.98 Å². The summed E-state index contributed by atoms with van der Waals surface area (Å²) >= 11 is 3.48. The number of fused-ring (bicyclic) bond motifs is 1. The van der Waals surface area contributed by atoms with Gasteiger partial charge in [-0.15, -0.1) is 11.3 Å². The van der Waals surface area contributed by atoms with Gasteiger partial charge in [0.1, 0.15) is 5.82 Å². The van der Waals surface area contributed by atoms with Crippen molar-refractivity contribution in [3.05, 3.63) is 138 Å². The maximum Gasteiger partial charge on any atom is 0.155 e. The molecule has 3 aromatic heterocycles. The summed E-state index contributed by atoms with van der Waals surface area (Å²) in [5.74, 6) is 0.968. The molecule has 4 nitrogen and oxygen atoms in total. The molecule has 0 bridgehead atoms. The number of hydrogen-bond donors (Lipinski definition) is 1. The Bertz CT molecular complexity index is 1340. The van der Waals surface area contributed by atoms with Crippen molar-refractivity contribution in [1.29, 1.82) is 0 Å². The van der Waals surface area contributed by atoms with E-state index in [1.807, 2.05) is 56.4 Å². The second-order valence-electron chi connectivity index (χ2n) is 8.22. The predicted molar refractivity (Wildman–Crippen MR) is 158 cm³/mol. The molecule has 3 aromatic carbocycles. The van der Waals surface area contributed by atoms with Crippen LogP contribution in [-0.2, 0) is 0 Å². The van der Waals surface area contributed by atoms with Gasteiger partial charge >= 0.3 is 0 Å². The highest BCUT2D eigenvalue weighted by Gasteiger charge is 2.04. The van der Waals surface area contributed by atoms with E-state index < -0.39 is 0 Å². The van der Waals surface area contributed by atoms with E-state index in [4.69, 9.17) is 0 Å². The maximum atomic E-state index is 4.61. The van der Waals surface area contributed by atoms with Crippen LogP contribution in [0.2, 0.25) is 0 Å². The molecule has 3 heterocycles. The molecule has 0 unspecified atom stereocenters. The van der Waals surface area contributed by atoms with Gasteiger partial charge in [0.2, 0.25) is 0 Å². The molecule has 37 heavy (non-hydrogen) atoms. The molecule has 0 atom stereocenters. The van der Waals surface area contributed by atoms with E-state index in [0.717, 1.165) is 15.7 Å². The van der Waals surface area contributed by atoms with Gasteiger partial charge in [-0.25, -0.2) is 9.97 Å². The minimum atomic E-state index is 0.968. The van der Waals surface area contributed by atoms with Gasteiger partial charge in [0.05, 0.1) is 10.2 Å². The van der Waals surface area contributed by atoms with Crippen LogP contribution in [-0.4, -0.2) is 19.9 Å². The van der Waals surface area contributed by atoms with Gasteiger partial charge in [-0.3, -0.25) is 4.98 Å². The zero-order valence-electron chi connectivity index (χ0n) is 21.6. The number of nitrogens with one attached hydrogen (secondary N) is 1. The third-order valence-electron chi connectivity index (χ3n) is 4.89. The Labute approximate surface area is 227 Å². The summed E-state index contributed by atoms with van der Waals surface area (Å²) in [6.45, 7) is 8.12. The molecule has 0 saturated carbocycles. The number of pyridine rings is 1. The first-order valence-electron chi connectivity index (χ1n) is 11.9. The second kappa shape index (κ2) is 15.4. The fraction of sp³-hybridized carbons (Fsp3) is 0.129. The van der Waals surface area contributed by atoms with Crippen molar-refractivity contribution in [1.82, 2.24) is 19.9 Å². The van der Waals surface area contributed by atoms with Crippen molar-refractivity contribution < 1.29 is 0 Å². The summed E-state index contributed by atoms with van der Waals surface area (Å²) in [5.41, 5.74) is 4.91. The molecule has 6 heteroatoms. The zero-order chi connectivity index (χ0) is 26.3. The van der Waals surface area contributed by atoms with E-state index in [1.54, 1.807) is 41.7 Å². The Morgan fingerprint density at radius 2 is 1.35 bits per heavy atom. The third-order valence-corrected chi connectivity index (χ3v) is 6.99. The van der Waals surface area contributed by atoms with Gasteiger partial charge in [0, 0.05) is 29.7 Å². The van der Waals surface area contributed by atoms with E-state index >= 15 is 0 Å². The van der Waals surface area contributed by atoms with Gasteiger partial charge in [-0.05, 0) is 63.6 Å². The molecule has 6 aromatic rings. The molecule has 1 N–H and O–H groups in total. The average Bonchev–Trinajstić information content (AvgIpc) is 3.56. The smallest absolute Gasteiger partial charge is 0.155 e. The molecule has 0 radical (unpaired) electrons. The van der Waals surface area contributed by atoms with Crippen LogP contribution in [0.1, 0.15) is 22.5 Å². The van der Waals surface area contributed by atoms with Gasteiger partial charge in [0.15, 0.2) is 4.34 Å². The van der Waals surface area contributed by atoms with Crippen LogP contribution in [0.5, 0.6) is 0 Å². The van der Waals surface area contributed by atoms with Crippen LogP contribution < -0.4 is 0 Å². The van der Waals surface area contributed by atoms with E-state index in [2.05, 4.69) is 88.4 Å². The number of nitrogens with zero attached hydrogens (tertiary/aromatic N) is 3. The lowest BCUT2D eigenvalue weighted by Crippen LogP contribution is -1.73. The highest BCUT2D eigenvalue weighted by molar-refractivity contribution is 8.01. The van der Waals surface area contributed by atoms with Crippen molar-refractivity contribution in [3.8, 4) is 0 Å². The van der Waals surface area contributed by atoms with E-state index in [1.165, 1.54) is 26.3 Å². The minimum Gasteiger partial charge on any atom is -0.349 e. The van der Waals surface area contributed by atoms with Crippen molar-refractivity contribution in [2.24, 2.45) is 0 Å². The summed E-state index contributed by atoms with van der Waals surface area (Å²) < 4.78 is 2.36. The van der Waals surface area contributed by atoms with Crippen LogP contribution in [0.3, 0.4) is 0 Å². The quantitative estimate of drug-likeness (QED) is 0.246. The fourth-order valence-electron chi connectivity index (χ4n) is 2.93. The maximum absolute atomic E-state index is 4.61. The predicted octanol–water partition coefficient (Wildman–Crippen LogP) is 8.86. The summed E-state index contributed by atoms with van der Waals surface area (Å²) in [4.78, 5) is 16.5. The molecule has 0 aliphatic heterocycles. The fourth-order valence-corrected chi connectivity index (χ4v) is 4.97. The van der Waals surface area contributed by atoms with Crippen molar-refractivity contribution >= 4 is 33.3 Å². The lowest BCUT2D eigenvalue weighted by molar-refractivity contribution is 1.15. The largest absolute Gasteiger partial charge is 0.349 e. The first-order chi connectivity index (χ1) is 18.0. The number of aryl methyl sites for hydroxylation is 4. The first-order valence-corrected chi connectivity index (χ1v) is 13.6. The Kier molecular flexibility index (Phi) is 11.6. The molecule has 0 amide bonds. The summed E-state index contributed by atoms with van der Waals surface area (Å²) in [7, 11) is 0. The Morgan fingerprint density at radius 1 is 0.676 bits per heavy atom. The lowest BCUT2D eigenvalue weighted by Gasteiger charge is -1.97. The van der Waals surface area contributed by atoms with Gasteiger partial charge in [0.25, 0.3) is 0 Å². The molecular formula is C31H32N4S2. The molecule has 0 saturated heterocycles. The average molecular weight is 525 g/mol. The van der Waals surface area contributed by atoms with E-state index in [-0.39, 0.29) is 0 Å². The standard InChI is InChI=1S/C14H11NS2.C7H8.C6H7N.C4H6N2/c1-10-6-8-11(9-7-10)16-14-15-12-4-2-3-5-13(12)17-14;1-7-5-3-2-4-6-7;1-6-3-2-4-7-5-6;1-4-5-2-3-6-4/h2-9H,1H3;2-6H,1H3;2-5H,1H3;2-3H,1H3,(H,5,6). The molecule has 0 aliphatic rings. The molecule has 0 spiro atoms. The highest BCUT2D eigenvalue weighted by atomic mass is 32.2. The monoisotopic (exact) mass is 524 g/mol. The number of hydrogen-bond acceptors (Lipinski definition) is 5. The topological polar surface area (TPSA) is 54.5 Å². The summed E-state index contributed by atoms with van der Waals surface area (Å²) in [6.07, 6.45) is 7.14. The molecule has 188 valence electrons. The third kappa shape index (κ3) is 10.8. The van der Waals surface area contributed by atoms with Crippen LogP contribution in [0.25, 0.3) is 10.2 Å². The first kappa shape index (κ1) is 27.8. The minimum absolute atomic E-state index is 0.968. The lowest BCUT2D eigenvalue weighted by atomic mass is 10.2. The Morgan fingerprint density at radius 3 is 1.84 bits per heavy atom. The highest BCUT2D eigenvalue weighted by Crippen LogP contribution is 2.34. The van der Waals surface area contributed by atoms with Crippen LogP contribution >= 0.6 is 23.1 Å². The molecule has 0 fully saturated rings. The number of thiazole rings is 1. The summed E-state index contributed by atoms with van der Waals surface area (Å²) in [6, 6.07) is 31.0. The van der Waals surface area contributed by atoms with Gasteiger partial charge in [-0.2, -0.15) is 0 Å². The van der Waals surface area contributed by atoms with Crippen LogP contribution in [0, 0.1) is 27.7 Å². The SMILES string of the molecule is Cc1ccc(Sc2nc3ccccc3s2)cc1.Cc1ccccc1.Cc1cccnc1.Cc1ncc[nH]1. The number of rotatable bonds is 2. The Hall–Kier alpha value is -3.74.